The van der Waals surface area contributed by atoms with Crippen molar-refractivity contribution >= 4 is 23.1 Å². The molecule has 0 aromatic heterocycles. The molecule has 1 fully saturated rings. The van der Waals surface area contributed by atoms with Gasteiger partial charge >= 0.3 is 0 Å². The van der Waals surface area contributed by atoms with Crippen LogP contribution in [-0.2, 0) is 4.79 Å². The second kappa shape index (κ2) is 3.85. The third-order valence-electron chi connectivity index (χ3n) is 3.18. The van der Waals surface area contributed by atoms with Crippen molar-refractivity contribution in [1.82, 2.24) is 5.32 Å². The Morgan fingerprint density at radius 2 is 2.21 bits per heavy atom. The molecule has 0 aromatic carbocycles. The Morgan fingerprint density at radius 1 is 1.71 bits per heavy atom. The molecule has 0 heterocycles. The van der Waals surface area contributed by atoms with Crippen LogP contribution in [0.1, 0.15) is 33.6 Å². The van der Waals surface area contributed by atoms with Crippen LogP contribution in [0.3, 0.4) is 0 Å². The van der Waals surface area contributed by atoms with Crippen molar-refractivity contribution < 1.29 is 4.79 Å². The summed E-state index contributed by atoms with van der Waals surface area (Å²) in [6, 6.07) is 0.336. The lowest BCUT2D eigenvalue weighted by Gasteiger charge is -2.25. The second-order valence-electron chi connectivity index (χ2n) is 4.34. The molecular formula is C10H18N2OS. The fourth-order valence-corrected chi connectivity index (χ4v) is 1.53. The number of thiocarbonyl (C=S) groups is 1. The Balaban J connectivity index is 2.60. The third kappa shape index (κ3) is 2.05. The maximum Gasteiger partial charge on any atom is 0.232 e. The minimum absolute atomic E-state index is 0.0261. The largest absolute Gasteiger partial charge is 0.392 e. The number of nitrogens with two attached hydrogens (primary N) is 1. The van der Waals surface area contributed by atoms with E-state index in [0.717, 1.165) is 6.42 Å². The highest BCUT2D eigenvalue weighted by molar-refractivity contribution is 7.80. The summed E-state index contributed by atoms with van der Waals surface area (Å²) in [4.78, 5) is 12.1. The van der Waals surface area contributed by atoms with Crippen LogP contribution >= 0.6 is 12.2 Å². The first-order valence-corrected chi connectivity index (χ1v) is 5.43. The van der Waals surface area contributed by atoms with Crippen molar-refractivity contribution in [3.05, 3.63) is 0 Å². The van der Waals surface area contributed by atoms with Gasteiger partial charge in [0, 0.05) is 6.04 Å². The van der Waals surface area contributed by atoms with Crippen molar-refractivity contribution in [2.75, 3.05) is 0 Å². The smallest absolute Gasteiger partial charge is 0.232 e. The molecule has 0 radical (unpaired) electrons. The SMILES string of the molecule is CCC(C)(C(=O)NC1CC1C)C(N)=S. The van der Waals surface area contributed by atoms with Crippen LogP contribution in [0.5, 0.6) is 0 Å². The molecule has 3 N–H and O–H groups in total. The van der Waals surface area contributed by atoms with E-state index in [1.165, 1.54) is 0 Å². The number of hydrogen-bond acceptors (Lipinski definition) is 2. The molecule has 14 heavy (non-hydrogen) atoms. The third-order valence-corrected chi connectivity index (χ3v) is 3.63. The number of hydrogen-bond donors (Lipinski definition) is 2. The predicted octanol–water partition coefficient (Wildman–Crippen LogP) is 1.21. The average molecular weight is 214 g/mol. The summed E-state index contributed by atoms with van der Waals surface area (Å²) in [5, 5.41) is 2.97. The summed E-state index contributed by atoms with van der Waals surface area (Å²) in [6.07, 6.45) is 1.72. The van der Waals surface area contributed by atoms with Crippen LogP contribution in [0, 0.1) is 11.3 Å². The van der Waals surface area contributed by atoms with Gasteiger partial charge in [-0.2, -0.15) is 0 Å². The van der Waals surface area contributed by atoms with Crippen LogP contribution in [0.25, 0.3) is 0 Å². The molecule has 80 valence electrons. The molecule has 1 rings (SSSR count). The van der Waals surface area contributed by atoms with Gasteiger partial charge in [-0.3, -0.25) is 4.79 Å². The molecule has 3 nitrogen and oxygen atoms in total. The molecule has 3 atom stereocenters. The summed E-state index contributed by atoms with van der Waals surface area (Å²) in [7, 11) is 0. The van der Waals surface area contributed by atoms with Gasteiger partial charge in [-0.15, -0.1) is 0 Å². The van der Waals surface area contributed by atoms with E-state index in [4.69, 9.17) is 18.0 Å². The van der Waals surface area contributed by atoms with E-state index in [1.54, 1.807) is 6.92 Å². The zero-order chi connectivity index (χ0) is 10.9. The summed E-state index contributed by atoms with van der Waals surface area (Å²) < 4.78 is 0. The molecule has 0 spiro atoms. The van der Waals surface area contributed by atoms with E-state index in [-0.39, 0.29) is 10.9 Å². The average Bonchev–Trinajstić information content (AvgIpc) is 2.79. The number of carbonyl (C=O) groups is 1. The van der Waals surface area contributed by atoms with Gasteiger partial charge in [0.2, 0.25) is 5.91 Å². The van der Waals surface area contributed by atoms with Crippen LogP contribution in [0.2, 0.25) is 0 Å². The first-order valence-electron chi connectivity index (χ1n) is 5.02. The molecular weight excluding hydrogens is 196 g/mol. The van der Waals surface area contributed by atoms with Crippen LogP contribution in [0.4, 0.5) is 0 Å². The maximum atomic E-state index is 11.9. The van der Waals surface area contributed by atoms with Gasteiger partial charge in [0.15, 0.2) is 0 Å². The van der Waals surface area contributed by atoms with E-state index < -0.39 is 5.41 Å². The summed E-state index contributed by atoms with van der Waals surface area (Å²) in [6.45, 7) is 5.85. The Kier molecular flexibility index (Phi) is 3.14. The van der Waals surface area contributed by atoms with E-state index in [9.17, 15) is 4.79 Å². The first kappa shape index (κ1) is 11.4. The van der Waals surface area contributed by atoms with Crippen LogP contribution < -0.4 is 11.1 Å². The van der Waals surface area contributed by atoms with E-state index in [1.807, 2.05) is 6.92 Å². The molecule has 3 unspecified atom stereocenters. The van der Waals surface area contributed by atoms with Crippen LogP contribution in [0.15, 0.2) is 0 Å². The minimum Gasteiger partial charge on any atom is -0.392 e. The fraction of sp³-hybridized carbons (Fsp3) is 0.800. The molecule has 1 aliphatic carbocycles. The van der Waals surface area contributed by atoms with E-state index >= 15 is 0 Å². The van der Waals surface area contributed by atoms with Gasteiger partial charge < -0.3 is 11.1 Å². The summed E-state index contributed by atoms with van der Waals surface area (Å²) in [5.74, 6) is 0.577. The van der Waals surface area contributed by atoms with Crippen molar-refractivity contribution in [3.8, 4) is 0 Å². The Labute approximate surface area is 90.4 Å². The molecule has 0 aliphatic heterocycles. The molecule has 1 amide bonds. The second-order valence-corrected chi connectivity index (χ2v) is 4.78. The lowest BCUT2D eigenvalue weighted by atomic mass is 9.86. The number of rotatable bonds is 4. The lowest BCUT2D eigenvalue weighted by Crippen LogP contribution is -2.47. The van der Waals surface area contributed by atoms with E-state index in [0.29, 0.717) is 18.4 Å². The summed E-state index contributed by atoms with van der Waals surface area (Å²) in [5.41, 5.74) is 4.90. The van der Waals surface area contributed by atoms with Gasteiger partial charge in [0.05, 0.1) is 10.4 Å². The topological polar surface area (TPSA) is 55.1 Å². The molecule has 0 aromatic rings. The standard InChI is InChI=1S/C10H18N2OS/c1-4-10(3,8(11)14)9(13)12-7-5-6(7)2/h6-7H,4-5H2,1-3H3,(H2,11,14)(H,12,13). The van der Waals surface area contributed by atoms with Crippen molar-refractivity contribution in [2.45, 2.75) is 39.7 Å². The van der Waals surface area contributed by atoms with Gasteiger partial charge in [0.1, 0.15) is 0 Å². The highest BCUT2D eigenvalue weighted by Gasteiger charge is 2.40. The van der Waals surface area contributed by atoms with Crippen LogP contribution in [-0.4, -0.2) is 16.9 Å². The van der Waals surface area contributed by atoms with E-state index in [2.05, 4.69) is 12.2 Å². The maximum absolute atomic E-state index is 11.9. The van der Waals surface area contributed by atoms with Gasteiger partial charge in [-0.25, -0.2) is 0 Å². The monoisotopic (exact) mass is 214 g/mol. The number of amides is 1. The normalized spacial score (nSPS) is 29.1. The molecule has 1 saturated carbocycles. The summed E-state index contributed by atoms with van der Waals surface area (Å²) >= 11 is 4.93. The first-order chi connectivity index (χ1) is 6.41. The quantitative estimate of drug-likeness (QED) is 0.692. The van der Waals surface area contributed by atoms with Gasteiger partial charge in [0.25, 0.3) is 0 Å². The fourth-order valence-electron chi connectivity index (χ4n) is 1.30. The van der Waals surface area contributed by atoms with Gasteiger partial charge in [-0.05, 0) is 25.7 Å². The Hall–Kier alpha value is -0.640. The number of carbonyl (C=O) groups excluding carboxylic acids is 1. The van der Waals surface area contributed by atoms with Crippen molar-refractivity contribution in [3.63, 3.8) is 0 Å². The van der Waals surface area contributed by atoms with Crippen molar-refractivity contribution in [2.24, 2.45) is 17.1 Å². The molecule has 0 saturated heterocycles. The zero-order valence-corrected chi connectivity index (χ0v) is 9.78. The Morgan fingerprint density at radius 3 is 2.50 bits per heavy atom. The van der Waals surface area contributed by atoms with Crippen molar-refractivity contribution in [1.29, 1.82) is 0 Å². The lowest BCUT2D eigenvalue weighted by molar-refractivity contribution is -0.127. The zero-order valence-electron chi connectivity index (χ0n) is 8.96. The molecule has 1 aliphatic rings. The molecule has 0 bridgehead atoms. The Bertz CT molecular complexity index is 267. The van der Waals surface area contributed by atoms with Gasteiger partial charge in [-0.1, -0.05) is 26.1 Å². The number of nitrogens with one attached hydrogen (secondary N) is 1. The highest BCUT2D eigenvalue weighted by atomic mass is 32.1. The predicted molar refractivity (Wildman–Crippen MR) is 60.9 cm³/mol. The highest BCUT2D eigenvalue weighted by Crippen LogP contribution is 2.31. The minimum atomic E-state index is -0.683. The molecule has 4 heteroatoms.